The van der Waals surface area contributed by atoms with Gasteiger partial charge in [-0.25, -0.2) is 15.0 Å². The monoisotopic (exact) mass is 339 g/mol. The minimum absolute atomic E-state index is 0.106. The molecule has 0 spiro atoms. The Hall–Kier alpha value is -3.91. The fourth-order valence-electron chi connectivity index (χ4n) is 2.34. The van der Waals surface area contributed by atoms with Crippen molar-refractivity contribution < 1.29 is 9.84 Å². The molecule has 26 heavy (non-hydrogen) atoms. The van der Waals surface area contributed by atoms with Gasteiger partial charge in [0.25, 0.3) is 5.88 Å². The van der Waals surface area contributed by atoms with Gasteiger partial charge >= 0.3 is 0 Å². The molecule has 0 aliphatic carbocycles. The molecule has 5 nitrogen and oxygen atoms in total. The fourth-order valence-corrected chi connectivity index (χ4v) is 2.34. The smallest absolute Gasteiger partial charge is 0.255 e. The molecule has 124 valence electrons. The molecule has 0 radical (unpaired) electrons. The molecule has 0 atom stereocenters. The molecular weight excluding hydrogens is 326 g/mol. The second kappa shape index (κ2) is 6.91. The van der Waals surface area contributed by atoms with Crippen LogP contribution in [0.15, 0.2) is 72.9 Å². The highest BCUT2D eigenvalue weighted by Gasteiger charge is 2.10. The van der Waals surface area contributed by atoms with Crippen molar-refractivity contribution in [1.82, 2.24) is 15.0 Å². The van der Waals surface area contributed by atoms with Crippen molar-refractivity contribution in [3.63, 3.8) is 0 Å². The largest absolute Gasteiger partial charge is 0.508 e. The Labute approximate surface area is 150 Å². The number of aromatic nitrogens is 3. The molecule has 0 aliphatic heterocycles. The summed E-state index contributed by atoms with van der Waals surface area (Å²) in [6.07, 6.45) is 1.65. The van der Waals surface area contributed by atoms with Crippen LogP contribution in [0.5, 0.6) is 17.4 Å². The number of hydrogen-bond acceptors (Lipinski definition) is 5. The van der Waals surface area contributed by atoms with Gasteiger partial charge < -0.3 is 9.84 Å². The predicted molar refractivity (Wildman–Crippen MR) is 97.9 cm³/mol. The molecule has 0 bridgehead atoms. The van der Waals surface area contributed by atoms with E-state index in [9.17, 15) is 5.11 Å². The maximum Gasteiger partial charge on any atom is 0.255 e. The number of hydrogen-bond donors (Lipinski definition) is 1. The van der Waals surface area contributed by atoms with Crippen LogP contribution in [0, 0.1) is 11.8 Å². The van der Waals surface area contributed by atoms with E-state index in [-0.39, 0.29) is 11.6 Å². The van der Waals surface area contributed by atoms with Crippen LogP contribution in [0.1, 0.15) is 11.3 Å². The van der Waals surface area contributed by atoms with Crippen molar-refractivity contribution >= 4 is 11.2 Å². The zero-order valence-corrected chi connectivity index (χ0v) is 13.6. The standard InChI is InChI=1S/C21H13N3O2/c25-16-8-4-9-17(14-16)26-21-19(12-11-15-6-2-1-3-7-15)23-20-18(24-21)10-5-13-22-20/h1-10,13-14,25H. The fraction of sp³-hybridized carbons (Fsp3) is 0. The third-order valence-electron chi connectivity index (χ3n) is 3.54. The van der Waals surface area contributed by atoms with Crippen LogP contribution in [0.4, 0.5) is 0 Å². The summed E-state index contributed by atoms with van der Waals surface area (Å²) in [7, 11) is 0. The Bertz CT molecular complexity index is 1130. The van der Waals surface area contributed by atoms with Crippen molar-refractivity contribution in [2.75, 3.05) is 0 Å². The van der Waals surface area contributed by atoms with Gasteiger partial charge in [0, 0.05) is 17.8 Å². The highest BCUT2D eigenvalue weighted by molar-refractivity contribution is 5.71. The summed E-state index contributed by atoms with van der Waals surface area (Å²) in [6, 6.07) is 19.7. The van der Waals surface area contributed by atoms with E-state index in [0.717, 1.165) is 5.56 Å². The number of fused-ring (bicyclic) bond motifs is 1. The molecule has 1 N–H and O–H groups in total. The summed E-state index contributed by atoms with van der Waals surface area (Å²) < 4.78 is 5.82. The summed E-state index contributed by atoms with van der Waals surface area (Å²) in [6.45, 7) is 0. The van der Waals surface area contributed by atoms with E-state index in [1.165, 1.54) is 6.07 Å². The Morgan fingerprint density at radius 2 is 1.73 bits per heavy atom. The summed E-state index contributed by atoms with van der Waals surface area (Å²) in [4.78, 5) is 13.2. The lowest BCUT2D eigenvalue weighted by atomic mass is 10.2. The first-order valence-electron chi connectivity index (χ1n) is 7.95. The first-order chi connectivity index (χ1) is 12.8. The lowest BCUT2D eigenvalue weighted by Gasteiger charge is -2.07. The van der Waals surface area contributed by atoms with Gasteiger partial charge in [0.15, 0.2) is 11.3 Å². The van der Waals surface area contributed by atoms with Gasteiger partial charge in [-0.1, -0.05) is 30.2 Å². The molecular formula is C21H13N3O2. The number of nitrogens with zero attached hydrogens (tertiary/aromatic N) is 3. The number of ether oxygens (including phenoxy) is 1. The van der Waals surface area contributed by atoms with Crippen LogP contribution in [-0.4, -0.2) is 20.1 Å². The molecule has 0 saturated heterocycles. The van der Waals surface area contributed by atoms with Crippen LogP contribution in [0.2, 0.25) is 0 Å². The maximum atomic E-state index is 9.63. The lowest BCUT2D eigenvalue weighted by Crippen LogP contribution is -1.98. The van der Waals surface area contributed by atoms with Gasteiger partial charge in [-0.15, -0.1) is 0 Å². The third kappa shape index (κ3) is 3.45. The normalized spacial score (nSPS) is 10.2. The average molecular weight is 339 g/mol. The Kier molecular flexibility index (Phi) is 4.15. The maximum absolute atomic E-state index is 9.63. The summed E-state index contributed by atoms with van der Waals surface area (Å²) >= 11 is 0. The van der Waals surface area contributed by atoms with Crippen molar-refractivity contribution in [3.05, 3.63) is 84.2 Å². The van der Waals surface area contributed by atoms with E-state index >= 15 is 0 Å². The Balaban J connectivity index is 1.80. The Morgan fingerprint density at radius 1 is 0.846 bits per heavy atom. The molecule has 2 aromatic heterocycles. The van der Waals surface area contributed by atoms with Crippen molar-refractivity contribution in [2.24, 2.45) is 0 Å². The summed E-state index contributed by atoms with van der Waals surface area (Å²) in [5, 5.41) is 9.63. The zero-order chi connectivity index (χ0) is 17.8. The van der Waals surface area contributed by atoms with E-state index in [4.69, 9.17) is 4.74 Å². The number of aromatic hydroxyl groups is 1. The van der Waals surface area contributed by atoms with Gasteiger partial charge in [-0.05, 0) is 42.3 Å². The minimum atomic E-state index is 0.106. The van der Waals surface area contributed by atoms with Crippen molar-refractivity contribution in [2.45, 2.75) is 0 Å². The Morgan fingerprint density at radius 3 is 2.58 bits per heavy atom. The van der Waals surface area contributed by atoms with Crippen molar-refractivity contribution in [1.29, 1.82) is 0 Å². The van der Waals surface area contributed by atoms with Gasteiger partial charge in [-0.3, -0.25) is 0 Å². The van der Waals surface area contributed by atoms with Crippen LogP contribution in [0.25, 0.3) is 11.2 Å². The SMILES string of the molecule is Oc1cccc(Oc2nc3cccnc3nc2C#Cc2ccccc2)c1. The first kappa shape index (κ1) is 15.6. The molecule has 0 amide bonds. The summed E-state index contributed by atoms with van der Waals surface area (Å²) in [5.41, 5.74) is 2.34. The summed E-state index contributed by atoms with van der Waals surface area (Å²) in [5.74, 6) is 6.88. The number of phenolic OH excluding ortho intramolecular Hbond substituents is 1. The van der Waals surface area contributed by atoms with E-state index in [0.29, 0.717) is 22.6 Å². The third-order valence-corrected chi connectivity index (χ3v) is 3.54. The molecule has 0 fully saturated rings. The number of phenols is 1. The number of benzene rings is 2. The van der Waals surface area contributed by atoms with Crippen LogP contribution < -0.4 is 4.74 Å². The highest BCUT2D eigenvalue weighted by atomic mass is 16.5. The van der Waals surface area contributed by atoms with Crippen LogP contribution in [-0.2, 0) is 0 Å². The van der Waals surface area contributed by atoms with E-state index in [1.807, 2.05) is 30.3 Å². The molecule has 4 aromatic rings. The van der Waals surface area contributed by atoms with E-state index in [1.54, 1.807) is 36.5 Å². The molecule has 5 heteroatoms. The lowest BCUT2D eigenvalue weighted by molar-refractivity contribution is 0.444. The van der Waals surface area contributed by atoms with Gasteiger partial charge in [0.1, 0.15) is 17.0 Å². The number of rotatable bonds is 2. The van der Waals surface area contributed by atoms with E-state index in [2.05, 4.69) is 26.8 Å². The van der Waals surface area contributed by atoms with Crippen LogP contribution in [0.3, 0.4) is 0 Å². The second-order valence-electron chi connectivity index (χ2n) is 5.44. The molecule has 0 unspecified atom stereocenters. The van der Waals surface area contributed by atoms with E-state index < -0.39 is 0 Å². The average Bonchev–Trinajstić information content (AvgIpc) is 2.67. The van der Waals surface area contributed by atoms with Crippen LogP contribution >= 0.6 is 0 Å². The first-order valence-corrected chi connectivity index (χ1v) is 7.95. The molecule has 0 aliphatic rings. The quantitative estimate of drug-likeness (QED) is 0.561. The van der Waals surface area contributed by atoms with Gasteiger partial charge in [0.05, 0.1) is 0 Å². The molecule has 2 heterocycles. The number of pyridine rings is 1. The second-order valence-corrected chi connectivity index (χ2v) is 5.44. The molecule has 0 saturated carbocycles. The topological polar surface area (TPSA) is 68.1 Å². The van der Waals surface area contributed by atoms with Gasteiger partial charge in [0.2, 0.25) is 0 Å². The molecule has 2 aromatic carbocycles. The predicted octanol–water partition coefficient (Wildman–Crippen LogP) is 3.92. The minimum Gasteiger partial charge on any atom is -0.508 e. The zero-order valence-electron chi connectivity index (χ0n) is 13.6. The highest BCUT2D eigenvalue weighted by Crippen LogP contribution is 2.26. The van der Waals surface area contributed by atoms with Gasteiger partial charge in [-0.2, -0.15) is 0 Å². The molecule has 4 rings (SSSR count). The van der Waals surface area contributed by atoms with Crippen molar-refractivity contribution in [3.8, 4) is 29.2 Å².